The molecule has 0 unspecified atom stereocenters. The van der Waals surface area contributed by atoms with Gasteiger partial charge in [0, 0.05) is 4.47 Å². The molecule has 0 aliphatic heterocycles. The minimum Gasteiger partial charge on any atom is -0.484 e. The molecular formula is C17H16BrFN2O3. The number of hydrogen-bond donors (Lipinski definition) is 2. The molecule has 0 bridgehead atoms. The molecule has 0 aliphatic carbocycles. The number of ether oxygens (including phenoxy) is 1. The normalized spacial score (nSPS) is 10.1. The summed E-state index contributed by atoms with van der Waals surface area (Å²) in [5.41, 5.74) is 5.85. The van der Waals surface area contributed by atoms with Gasteiger partial charge in [0.25, 0.3) is 11.8 Å². The number of carbonyl (C=O) groups excluding carboxylic acids is 2. The van der Waals surface area contributed by atoms with Crippen LogP contribution in [-0.2, 0) is 11.2 Å². The fourth-order valence-electron chi connectivity index (χ4n) is 1.87. The molecule has 2 aromatic carbocycles. The maximum atomic E-state index is 13.0. The quantitative estimate of drug-likeness (QED) is 0.765. The fourth-order valence-corrected chi connectivity index (χ4v) is 2.40. The Bertz CT molecular complexity index is 735. The number of nitrogens with one attached hydrogen (secondary N) is 2. The van der Waals surface area contributed by atoms with Crippen LogP contribution in [-0.4, -0.2) is 18.4 Å². The lowest BCUT2D eigenvalue weighted by Gasteiger charge is -2.10. The number of aryl methyl sites for hydroxylation is 1. The van der Waals surface area contributed by atoms with Crippen LogP contribution in [0.2, 0.25) is 0 Å². The zero-order chi connectivity index (χ0) is 17.5. The first-order valence-electron chi connectivity index (χ1n) is 7.25. The van der Waals surface area contributed by atoms with E-state index in [4.69, 9.17) is 4.74 Å². The second-order valence-electron chi connectivity index (χ2n) is 4.91. The van der Waals surface area contributed by atoms with Gasteiger partial charge < -0.3 is 4.74 Å². The first-order valence-corrected chi connectivity index (χ1v) is 8.05. The average Bonchev–Trinajstić information content (AvgIpc) is 2.58. The third kappa shape index (κ3) is 5.06. The molecule has 7 heteroatoms. The van der Waals surface area contributed by atoms with E-state index in [9.17, 15) is 14.0 Å². The van der Waals surface area contributed by atoms with Crippen LogP contribution in [0.25, 0.3) is 0 Å². The lowest BCUT2D eigenvalue weighted by Crippen LogP contribution is -2.43. The molecule has 126 valence electrons. The molecule has 24 heavy (non-hydrogen) atoms. The molecular weight excluding hydrogens is 379 g/mol. The largest absolute Gasteiger partial charge is 0.484 e. The summed E-state index contributed by atoms with van der Waals surface area (Å²) in [5.74, 6) is -0.983. The molecule has 2 rings (SSSR count). The summed E-state index contributed by atoms with van der Waals surface area (Å²) in [4.78, 5) is 23.6. The minimum atomic E-state index is -0.567. The molecule has 0 fully saturated rings. The predicted molar refractivity (Wildman–Crippen MR) is 91.0 cm³/mol. The maximum absolute atomic E-state index is 13.0. The van der Waals surface area contributed by atoms with Crippen molar-refractivity contribution in [2.24, 2.45) is 0 Å². The fraction of sp³-hybridized carbons (Fsp3) is 0.176. The Balaban J connectivity index is 1.80. The van der Waals surface area contributed by atoms with Crippen molar-refractivity contribution in [1.29, 1.82) is 0 Å². The molecule has 2 aromatic rings. The number of rotatable bonds is 5. The highest BCUT2D eigenvalue weighted by molar-refractivity contribution is 9.10. The molecule has 0 heterocycles. The molecule has 0 saturated heterocycles. The van der Waals surface area contributed by atoms with E-state index in [2.05, 4.69) is 26.8 Å². The van der Waals surface area contributed by atoms with Crippen LogP contribution in [0.3, 0.4) is 0 Å². The Morgan fingerprint density at radius 3 is 2.46 bits per heavy atom. The van der Waals surface area contributed by atoms with Crippen LogP contribution < -0.4 is 15.6 Å². The van der Waals surface area contributed by atoms with E-state index in [0.29, 0.717) is 10.2 Å². The zero-order valence-electron chi connectivity index (χ0n) is 12.9. The van der Waals surface area contributed by atoms with Crippen LogP contribution >= 0.6 is 15.9 Å². The highest BCUT2D eigenvalue weighted by Crippen LogP contribution is 2.17. The van der Waals surface area contributed by atoms with Crippen molar-refractivity contribution in [3.05, 3.63) is 63.9 Å². The van der Waals surface area contributed by atoms with E-state index < -0.39 is 17.6 Å². The van der Waals surface area contributed by atoms with Gasteiger partial charge in [0.2, 0.25) is 0 Å². The van der Waals surface area contributed by atoms with Crippen LogP contribution in [0.1, 0.15) is 22.8 Å². The molecule has 2 amide bonds. The SMILES string of the molecule is CCc1ccc(OCC(=O)NNC(=O)c2ccc(F)cc2Br)cc1. The molecule has 0 aliphatic rings. The van der Waals surface area contributed by atoms with E-state index in [0.717, 1.165) is 12.5 Å². The highest BCUT2D eigenvalue weighted by atomic mass is 79.9. The van der Waals surface area contributed by atoms with Gasteiger partial charge in [-0.15, -0.1) is 0 Å². The number of benzene rings is 2. The summed E-state index contributed by atoms with van der Waals surface area (Å²) in [6.45, 7) is 1.81. The third-order valence-electron chi connectivity index (χ3n) is 3.19. The van der Waals surface area contributed by atoms with E-state index in [1.54, 1.807) is 12.1 Å². The molecule has 0 radical (unpaired) electrons. The lowest BCUT2D eigenvalue weighted by atomic mass is 10.2. The molecule has 0 spiro atoms. The van der Waals surface area contributed by atoms with Gasteiger partial charge in [-0.3, -0.25) is 20.4 Å². The Morgan fingerprint density at radius 2 is 1.83 bits per heavy atom. The Kier molecular flexibility index (Phi) is 6.31. The Labute approximate surface area is 147 Å². The number of halogens is 2. The number of carbonyl (C=O) groups is 2. The van der Waals surface area contributed by atoms with Crippen molar-refractivity contribution in [2.45, 2.75) is 13.3 Å². The van der Waals surface area contributed by atoms with Gasteiger partial charge in [-0.1, -0.05) is 19.1 Å². The second kappa shape index (κ2) is 8.44. The van der Waals surface area contributed by atoms with Gasteiger partial charge in [0.15, 0.2) is 6.61 Å². The lowest BCUT2D eigenvalue weighted by molar-refractivity contribution is -0.123. The monoisotopic (exact) mass is 394 g/mol. The van der Waals surface area contributed by atoms with Gasteiger partial charge in [-0.2, -0.15) is 0 Å². The standard InChI is InChI=1S/C17H16BrFN2O3/c1-2-11-3-6-13(7-4-11)24-10-16(22)20-21-17(23)14-8-5-12(19)9-15(14)18/h3-9H,2,10H2,1H3,(H,20,22)(H,21,23). The Morgan fingerprint density at radius 1 is 1.12 bits per heavy atom. The molecule has 0 aromatic heterocycles. The predicted octanol–water partition coefficient (Wildman–Crippen LogP) is 2.99. The summed E-state index contributed by atoms with van der Waals surface area (Å²) < 4.78 is 18.6. The Hall–Kier alpha value is -2.41. The summed E-state index contributed by atoms with van der Waals surface area (Å²) >= 11 is 3.09. The van der Waals surface area contributed by atoms with E-state index in [1.165, 1.54) is 17.7 Å². The molecule has 0 atom stereocenters. The summed E-state index contributed by atoms with van der Waals surface area (Å²) in [5, 5.41) is 0. The first kappa shape index (κ1) is 17.9. The summed E-state index contributed by atoms with van der Waals surface area (Å²) in [6, 6.07) is 11.0. The number of hydrogen-bond acceptors (Lipinski definition) is 3. The van der Waals surface area contributed by atoms with Crippen LogP contribution in [0.5, 0.6) is 5.75 Å². The van der Waals surface area contributed by atoms with Crippen molar-refractivity contribution in [1.82, 2.24) is 10.9 Å². The minimum absolute atomic E-state index is 0.202. The average molecular weight is 395 g/mol. The van der Waals surface area contributed by atoms with Crippen molar-refractivity contribution < 1.29 is 18.7 Å². The zero-order valence-corrected chi connectivity index (χ0v) is 14.5. The molecule has 0 saturated carbocycles. The van der Waals surface area contributed by atoms with Crippen molar-refractivity contribution >= 4 is 27.7 Å². The third-order valence-corrected chi connectivity index (χ3v) is 3.85. The molecule has 2 N–H and O–H groups in total. The summed E-state index contributed by atoms with van der Waals surface area (Å²) in [6.07, 6.45) is 0.922. The van der Waals surface area contributed by atoms with E-state index >= 15 is 0 Å². The highest BCUT2D eigenvalue weighted by Gasteiger charge is 2.12. The van der Waals surface area contributed by atoms with E-state index in [-0.39, 0.29) is 12.2 Å². The van der Waals surface area contributed by atoms with Gasteiger partial charge in [-0.05, 0) is 58.2 Å². The van der Waals surface area contributed by atoms with Crippen LogP contribution in [0.15, 0.2) is 46.9 Å². The smallest absolute Gasteiger partial charge is 0.276 e. The molecule has 5 nitrogen and oxygen atoms in total. The second-order valence-corrected chi connectivity index (χ2v) is 5.77. The van der Waals surface area contributed by atoms with Crippen molar-refractivity contribution in [3.8, 4) is 5.75 Å². The van der Waals surface area contributed by atoms with Gasteiger partial charge in [-0.25, -0.2) is 4.39 Å². The van der Waals surface area contributed by atoms with Gasteiger partial charge >= 0.3 is 0 Å². The van der Waals surface area contributed by atoms with Gasteiger partial charge in [0.1, 0.15) is 11.6 Å². The topological polar surface area (TPSA) is 67.4 Å². The number of hydrazine groups is 1. The summed E-state index contributed by atoms with van der Waals surface area (Å²) in [7, 11) is 0. The van der Waals surface area contributed by atoms with Crippen molar-refractivity contribution in [3.63, 3.8) is 0 Å². The van der Waals surface area contributed by atoms with Crippen LogP contribution in [0, 0.1) is 5.82 Å². The van der Waals surface area contributed by atoms with Gasteiger partial charge in [0.05, 0.1) is 5.56 Å². The number of amides is 2. The maximum Gasteiger partial charge on any atom is 0.276 e. The van der Waals surface area contributed by atoms with E-state index in [1.807, 2.05) is 19.1 Å². The van der Waals surface area contributed by atoms with Crippen LogP contribution in [0.4, 0.5) is 4.39 Å². The van der Waals surface area contributed by atoms with Crippen molar-refractivity contribution in [2.75, 3.05) is 6.61 Å². The first-order chi connectivity index (χ1) is 11.5.